The summed E-state index contributed by atoms with van der Waals surface area (Å²) in [7, 11) is 1.55. The van der Waals surface area contributed by atoms with Crippen molar-refractivity contribution in [1.29, 1.82) is 0 Å². The third-order valence-corrected chi connectivity index (χ3v) is 3.68. The molecule has 0 saturated carbocycles. The number of hydrogen-bond acceptors (Lipinski definition) is 2. The smallest absolute Gasteiger partial charge is 0.433 e. The van der Waals surface area contributed by atoms with Gasteiger partial charge in [0.2, 0.25) is 0 Å². The second-order valence-electron chi connectivity index (χ2n) is 5.30. The molecule has 2 nitrogen and oxygen atoms in total. The highest BCUT2D eigenvalue weighted by molar-refractivity contribution is 5.85. The number of fused-ring (bicyclic) bond motifs is 1. The number of halogens is 3. The molecular weight excluding hydrogens is 291 g/mol. The molecule has 0 amide bonds. The third kappa shape index (κ3) is 3.18. The van der Waals surface area contributed by atoms with Crippen molar-refractivity contribution in [2.24, 2.45) is 0 Å². The van der Waals surface area contributed by atoms with Crippen LogP contribution in [-0.2, 0) is 19.0 Å². The maximum absolute atomic E-state index is 13.4. The molecular formula is C17H20F3NO. The lowest BCUT2D eigenvalue weighted by atomic mass is 9.93. The van der Waals surface area contributed by atoms with Gasteiger partial charge in [-0.25, -0.2) is 4.98 Å². The van der Waals surface area contributed by atoms with E-state index in [-0.39, 0.29) is 0 Å². The molecule has 5 heteroatoms. The molecule has 0 aliphatic rings. The van der Waals surface area contributed by atoms with E-state index in [2.05, 4.69) is 4.98 Å². The Kier molecular flexibility index (Phi) is 4.94. The van der Waals surface area contributed by atoms with Crippen LogP contribution in [0.4, 0.5) is 13.2 Å². The molecule has 1 aromatic heterocycles. The van der Waals surface area contributed by atoms with Crippen molar-refractivity contribution in [3.8, 4) is 5.75 Å². The highest BCUT2D eigenvalue weighted by Crippen LogP contribution is 2.37. The van der Waals surface area contributed by atoms with E-state index in [9.17, 15) is 13.2 Å². The molecule has 0 atom stereocenters. The first-order chi connectivity index (χ1) is 10.4. The van der Waals surface area contributed by atoms with E-state index < -0.39 is 11.9 Å². The van der Waals surface area contributed by atoms with Crippen LogP contribution >= 0.6 is 0 Å². The summed E-state index contributed by atoms with van der Waals surface area (Å²) in [6.07, 6.45) is -2.02. The van der Waals surface area contributed by atoms with Crippen molar-refractivity contribution in [1.82, 2.24) is 4.98 Å². The average Bonchev–Trinajstić information content (AvgIpc) is 2.48. The van der Waals surface area contributed by atoms with Crippen LogP contribution in [0.15, 0.2) is 18.2 Å². The van der Waals surface area contributed by atoms with Gasteiger partial charge >= 0.3 is 6.18 Å². The molecule has 0 unspecified atom stereocenters. The van der Waals surface area contributed by atoms with Gasteiger partial charge in [-0.2, -0.15) is 13.2 Å². The van der Waals surface area contributed by atoms with Crippen molar-refractivity contribution in [2.45, 2.75) is 45.7 Å². The predicted octanol–water partition coefficient (Wildman–Crippen LogP) is 5.17. The van der Waals surface area contributed by atoms with Crippen LogP contribution in [0.1, 0.15) is 43.5 Å². The summed E-state index contributed by atoms with van der Waals surface area (Å²) in [4.78, 5) is 3.90. The molecule has 0 saturated heterocycles. The zero-order chi connectivity index (χ0) is 16.3. The zero-order valence-corrected chi connectivity index (χ0v) is 13.0. The van der Waals surface area contributed by atoms with Crippen LogP contribution < -0.4 is 4.74 Å². The van der Waals surface area contributed by atoms with E-state index in [4.69, 9.17) is 4.74 Å². The minimum absolute atomic E-state index is 0.331. The Morgan fingerprint density at radius 2 is 1.68 bits per heavy atom. The molecule has 1 aromatic carbocycles. The molecule has 2 aromatic rings. The maximum atomic E-state index is 13.4. The number of pyridine rings is 1. The number of hydrogen-bond donors (Lipinski definition) is 0. The fourth-order valence-electron chi connectivity index (χ4n) is 2.76. The molecule has 22 heavy (non-hydrogen) atoms. The Balaban J connectivity index is 2.83. The van der Waals surface area contributed by atoms with Crippen molar-refractivity contribution in [2.75, 3.05) is 7.11 Å². The first kappa shape index (κ1) is 16.6. The lowest BCUT2D eigenvalue weighted by molar-refractivity contribution is -0.141. The fraction of sp³-hybridized carbons (Fsp3) is 0.471. The number of ether oxygens (including phenoxy) is 1. The quantitative estimate of drug-likeness (QED) is 0.760. The number of rotatable bonds is 5. The first-order valence-corrected chi connectivity index (χ1v) is 7.49. The van der Waals surface area contributed by atoms with Crippen molar-refractivity contribution in [3.05, 3.63) is 35.0 Å². The number of alkyl halides is 3. The SMILES string of the molecule is CCCc1c(C(F)(F)F)nc2ccc(OC)cc2c1CCC. The molecule has 1 heterocycles. The largest absolute Gasteiger partial charge is 0.497 e. The summed E-state index contributed by atoms with van der Waals surface area (Å²) >= 11 is 0. The van der Waals surface area contributed by atoms with Gasteiger partial charge in [0.15, 0.2) is 0 Å². The van der Waals surface area contributed by atoms with Crippen LogP contribution in [0, 0.1) is 0 Å². The summed E-state index contributed by atoms with van der Waals surface area (Å²) in [5.74, 6) is 0.633. The minimum atomic E-state index is -4.43. The van der Waals surface area contributed by atoms with E-state index in [1.165, 1.54) is 0 Å². The maximum Gasteiger partial charge on any atom is 0.433 e. The van der Waals surface area contributed by atoms with Gasteiger partial charge < -0.3 is 4.74 Å². The molecule has 2 rings (SSSR count). The van der Waals surface area contributed by atoms with Gasteiger partial charge in [-0.05, 0) is 42.2 Å². The molecule has 0 bridgehead atoms. The van der Waals surface area contributed by atoms with Gasteiger partial charge in [-0.15, -0.1) is 0 Å². The van der Waals surface area contributed by atoms with Crippen molar-refractivity contribution in [3.63, 3.8) is 0 Å². The summed E-state index contributed by atoms with van der Waals surface area (Å²) in [5.41, 5.74) is 0.713. The monoisotopic (exact) mass is 311 g/mol. The van der Waals surface area contributed by atoms with Crippen LogP contribution in [0.25, 0.3) is 10.9 Å². The average molecular weight is 311 g/mol. The summed E-state index contributed by atoms with van der Waals surface area (Å²) in [6.45, 7) is 3.85. The fourth-order valence-corrected chi connectivity index (χ4v) is 2.76. The van der Waals surface area contributed by atoms with Gasteiger partial charge in [0.05, 0.1) is 12.6 Å². The number of nitrogens with zero attached hydrogens (tertiary/aromatic N) is 1. The van der Waals surface area contributed by atoms with E-state index in [0.29, 0.717) is 36.1 Å². The van der Waals surface area contributed by atoms with Crippen LogP contribution in [0.5, 0.6) is 5.75 Å². The lowest BCUT2D eigenvalue weighted by Crippen LogP contribution is -2.15. The van der Waals surface area contributed by atoms with Crippen molar-refractivity contribution < 1.29 is 17.9 Å². The van der Waals surface area contributed by atoms with Crippen LogP contribution in [-0.4, -0.2) is 12.1 Å². The highest BCUT2D eigenvalue weighted by atomic mass is 19.4. The minimum Gasteiger partial charge on any atom is -0.497 e. The van der Waals surface area contributed by atoms with E-state index in [1.807, 2.05) is 13.8 Å². The Hall–Kier alpha value is -1.78. The topological polar surface area (TPSA) is 22.1 Å². The molecule has 0 aliphatic carbocycles. The van der Waals surface area contributed by atoms with Gasteiger partial charge in [0.25, 0.3) is 0 Å². The summed E-state index contributed by atoms with van der Waals surface area (Å²) < 4.78 is 45.3. The molecule has 0 N–H and O–H groups in total. The summed E-state index contributed by atoms with van der Waals surface area (Å²) in [6, 6.07) is 5.02. The van der Waals surface area contributed by atoms with Crippen LogP contribution in [0.3, 0.4) is 0 Å². The second-order valence-corrected chi connectivity index (χ2v) is 5.30. The Morgan fingerprint density at radius 1 is 1.05 bits per heavy atom. The molecule has 120 valence electrons. The number of methoxy groups -OCH3 is 1. The lowest BCUT2D eigenvalue weighted by Gasteiger charge is -2.18. The predicted molar refractivity (Wildman–Crippen MR) is 81.3 cm³/mol. The number of benzene rings is 1. The third-order valence-electron chi connectivity index (χ3n) is 3.68. The summed E-state index contributed by atoms with van der Waals surface area (Å²) in [5, 5.41) is 0.762. The Morgan fingerprint density at radius 3 is 2.23 bits per heavy atom. The standard InChI is InChI=1S/C17H20F3NO/c1-4-6-12-13(7-5-2)16(17(18,19)20)21-15-9-8-11(22-3)10-14(12)15/h8-10H,4-7H2,1-3H3. The number of aryl methyl sites for hydroxylation is 1. The van der Waals surface area contributed by atoms with E-state index in [1.54, 1.807) is 25.3 Å². The first-order valence-electron chi connectivity index (χ1n) is 7.49. The Bertz CT molecular complexity index is 665. The molecule has 0 radical (unpaired) electrons. The Labute approximate surface area is 128 Å². The highest BCUT2D eigenvalue weighted by Gasteiger charge is 2.36. The van der Waals surface area contributed by atoms with Crippen molar-refractivity contribution >= 4 is 10.9 Å². The second kappa shape index (κ2) is 6.55. The number of aromatic nitrogens is 1. The van der Waals surface area contributed by atoms with Crippen LogP contribution in [0.2, 0.25) is 0 Å². The van der Waals surface area contributed by atoms with Gasteiger partial charge in [-0.3, -0.25) is 0 Å². The van der Waals surface area contributed by atoms with E-state index >= 15 is 0 Å². The van der Waals surface area contributed by atoms with Gasteiger partial charge in [0, 0.05) is 5.39 Å². The molecule has 0 spiro atoms. The normalized spacial score (nSPS) is 11.9. The van der Waals surface area contributed by atoms with E-state index in [0.717, 1.165) is 17.4 Å². The molecule has 0 fully saturated rings. The van der Waals surface area contributed by atoms with Gasteiger partial charge in [0.1, 0.15) is 11.4 Å². The van der Waals surface area contributed by atoms with Gasteiger partial charge in [-0.1, -0.05) is 26.7 Å². The zero-order valence-electron chi connectivity index (χ0n) is 13.0. The molecule has 0 aliphatic heterocycles.